The average Bonchev–Trinajstić information content (AvgIpc) is 3.03. The van der Waals surface area contributed by atoms with Gasteiger partial charge < -0.3 is 10.6 Å². The third kappa shape index (κ3) is 4.24. The number of rotatable bonds is 4. The number of nitrogens with one attached hydrogen (secondary N) is 3. The molecular weight excluding hydrogens is 382 g/mol. The predicted octanol–water partition coefficient (Wildman–Crippen LogP) is 4.10. The zero-order valence-electron chi connectivity index (χ0n) is 13.9. The highest BCUT2D eigenvalue weighted by atomic mass is 79.9. The summed E-state index contributed by atoms with van der Waals surface area (Å²) >= 11 is 3.42. The Morgan fingerprint density at radius 2 is 1.92 bits per heavy atom. The average molecular weight is 400 g/mol. The van der Waals surface area contributed by atoms with Crippen LogP contribution in [0, 0.1) is 13.8 Å². The summed E-state index contributed by atoms with van der Waals surface area (Å²) in [4.78, 5) is 16.9. The second kappa shape index (κ2) is 7.48. The van der Waals surface area contributed by atoms with E-state index in [2.05, 4.69) is 41.7 Å². The lowest BCUT2D eigenvalue weighted by Gasteiger charge is -2.17. The summed E-state index contributed by atoms with van der Waals surface area (Å²) in [6, 6.07) is 14.6. The van der Waals surface area contributed by atoms with Gasteiger partial charge in [0, 0.05) is 10.2 Å². The summed E-state index contributed by atoms with van der Waals surface area (Å²) < 4.78 is 0.901. The van der Waals surface area contributed by atoms with Crippen molar-refractivity contribution in [3.8, 4) is 0 Å². The lowest BCUT2D eigenvalue weighted by molar-refractivity contribution is 0.249. The number of carbonyl (C=O) groups excluding carboxylic acids is 1. The van der Waals surface area contributed by atoms with Gasteiger partial charge >= 0.3 is 6.03 Å². The fourth-order valence-electron chi connectivity index (χ4n) is 2.45. The fourth-order valence-corrected chi connectivity index (χ4v) is 2.81. The Bertz CT molecular complexity index is 878. The molecule has 6 nitrogen and oxygen atoms in total. The van der Waals surface area contributed by atoms with Crippen LogP contribution >= 0.6 is 15.9 Å². The molecule has 1 aromatic heterocycles. The highest BCUT2D eigenvalue weighted by Crippen LogP contribution is 2.22. The summed E-state index contributed by atoms with van der Waals surface area (Å²) in [6.07, 6.45) is 0. The third-order valence-electron chi connectivity index (χ3n) is 3.73. The molecule has 0 aliphatic heterocycles. The van der Waals surface area contributed by atoms with Crippen LogP contribution < -0.4 is 10.6 Å². The van der Waals surface area contributed by atoms with Crippen LogP contribution in [-0.2, 0) is 0 Å². The molecule has 0 spiro atoms. The Labute approximate surface area is 154 Å². The molecule has 1 heterocycles. The first-order valence-corrected chi connectivity index (χ1v) is 8.60. The van der Waals surface area contributed by atoms with Crippen LogP contribution in [0.4, 0.5) is 10.5 Å². The molecule has 0 saturated heterocycles. The van der Waals surface area contributed by atoms with Crippen molar-refractivity contribution >= 4 is 27.6 Å². The Morgan fingerprint density at radius 1 is 1.16 bits per heavy atom. The molecule has 1 atom stereocenters. The second-order valence-corrected chi connectivity index (χ2v) is 6.60. The molecule has 3 N–H and O–H groups in total. The summed E-state index contributed by atoms with van der Waals surface area (Å²) in [5.74, 6) is 1.21. The number of anilines is 1. The van der Waals surface area contributed by atoms with Crippen LogP contribution in [0.3, 0.4) is 0 Å². The van der Waals surface area contributed by atoms with Gasteiger partial charge in [0.2, 0.25) is 0 Å². The molecule has 3 rings (SSSR count). The molecule has 0 radical (unpaired) electrons. The van der Waals surface area contributed by atoms with E-state index >= 15 is 0 Å². The molecule has 7 heteroatoms. The van der Waals surface area contributed by atoms with Crippen molar-refractivity contribution in [3.05, 3.63) is 75.8 Å². The Kier molecular flexibility index (Phi) is 5.14. The second-order valence-electron chi connectivity index (χ2n) is 5.68. The van der Waals surface area contributed by atoms with Crippen LogP contribution in [0.5, 0.6) is 0 Å². The largest absolute Gasteiger partial charge is 0.324 e. The number of aryl methyl sites for hydroxylation is 2. The number of amides is 2. The number of hydrogen-bond acceptors (Lipinski definition) is 3. The zero-order valence-corrected chi connectivity index (χ0v) is 15.5. The van der Waals surface area contributed by atoms with Crippen molar-refractivity contribution in [1.82, 2.24) is 20.5 Å². The number of aromatic nitrogens is 3. The van der Waals surface area contributed by atoms with Crippen molar-refractivity contribution in [3.63, 3.8) is 0 Å². The maximum Gasteiger partial charge on any atom is 0.320 e. The molecule has 2 amide bonds. The molecule has 2 aromatic carbocycles. The van der Waals surface area contributed by atoms with Crippen molar-refractivity contribution in [2.24, 2.45) is 0 Å². The fraction of sp³-hybridized carbons (Fsp3) is 0.167. The third-order valence-corrected chi connectivity index (χ3v) is 4.22. The molecule has 0 fully saturated rings. The number of nitrogens with zero attached hydrogens (tertiary/aromatic N) is 2. The van der Waals surface area contributed by atoms with Crippen molar-refractivity contribution < 1.29 is 4.79 Å². The van der Waals surface area contributed by atoms with Crippen molar-refractivity contribution in [2.75, 3.05) is 5.32 Å². The van der Waals surface area contributed by atoms with Gasteiger partial charge in [0.25, 0.3) is 0 Å². The number of carbonyl (C=O) groups is 1. The molecule has 25 heavy (non-hydrogen) atoms. The van der Waals surface area contributed by atoms with Crippen LogP contribution in [0.1, 0.15) is 28.8 Å². The van der Waals surface area contributed by atoms with Crippen molar-refractivity contribution in [1.29, 1.82) is 0 Å². The van der Waals surface area contributed by atoms with Gasteiger partial charge in [0.1, 0.15) is 11.9 Å². The van der Waals surface area contributed by atoms with Gasteiger partial charge in [-0.2, -0.15) is 5.10 Å². The predicted molar refractivity (Wildman–Crippen MR) is 100 cm³/mol. The Hall–Kier alpha value is -2.67. The standard InChI is InChI=1S/C18H18BrN5O/c1-11-8-9-14(19)10-15(11)21-18(25)22-16(13-6-4-3-5-7-13)17-20-12(2)23-24-17/h3-10,16H,1-2H3,(H,20,23,24)(H2,21,22,25). The summed E-state index contributed by atoms with van der Waals surface area (Å²) in [7, 11) is 0. The molecule has 3 aromatic rings. The molecule has 128 valence electrons. The number of hydrogen-bond donors (Lipinski definition) is 3. The first kappa shape index (κ1) is 17.2. The normalized spacial score (nSPS) is 11.8. The maximum absolute atomic E-state index is 12.5. The van der Waals surface area contributed by atoms with E-state index in [1.165, 1.54) is 0 Å². The molecule has 0 aliphatic carbocycles. The quantitative estimate of drug-likeness (QED) is 0.617. The van der Waals surface area contributed by atoms with Crippen molar-refractivity contribution in [2.45, 2.75) is 19.9 Å². The number of urea groups is 1. The van der Waals surface area contributed by atoms with E-state index in [0.717, 1.165) is 21.3 Å². The number of H-pyrrole nitrogens is 1. The van der Waals surface area contributed by atoms with E-state index in [-0.39, 0.29) is 6.03 Å². The van der Waals surface area contributed by atoms with Gasteiger partial charge in [-0.25, -0.2) is 9.78 Å². The summed E-state index contributed by atoms with van der Waals surface area (Å²) in [6.45, 7) is 3.76. The summed E-state index contributed by atoms with van der Waals surface area (Å²) in [5.41, 5.74) is 2.62. The Balaban J connectivity index is 1.83. The van der Waals surface area contributed by atoms with Crippen LogP contribution in [0.15, 0.2) is 53.0 Å². The zero-order chi connectivity index (χ0) is 17.8. The van der Waals surface area contributed by atoms with Gasteiger partial charge in [-0.05, 0) is 37.1 Å². The van der Waals surface area contributed by atoms with Crippen LogP contribution in [0.2, 0.25) is 0 Å². The maximum atomic E-state index is 12.5. The van der Waals surface area contributed by atoms with Gasteiger partial charge in [0.15, 0.2) is 5.82 Å². The minimum atomic E-state index is -0.446. The molecule has 0 saturated carbocycles. The lowest BCUT2D eigenvalue weighted by atomic mass is 10.1. The van der Waals surface area contributed by atoms with E-state index in [9.17, 15) is 4.79 Å². The highest BCUT2D eigenvalue weighted by Gasteiger charge is 2.21. The molecular formula is C18H18BrN5O. The van der Waals surface area contributed by atoms with E-state index in [1.807, 2.05) is 62.4 Å². The van der Waals surface area contributed by atoms with Crippen LogP contribution in [-0.4, -0.2) is 21.2 Å². The molecule has 0 aliphatic rings. The monoisotopic (exact) mass is 399 g/mol. The smallest absolute Gasteiger partial charge is 0.320 e. The van der Waals surface area contributed by atoms with E-state index in [4.69, 9.17) is 0 Å². The number of halogens is 1. The van der Waals surface area contributed by atoms with Crippen LogP contribution in [0.25, 0.3) is 0 Å². The van der Waals surface area contributed by atoms with E-state index in [1.54, 1.807) is 0 Å². The topological polar surface area (TPSA) is 82.7 Å². The minimum absolute atomic E-state index is 0.322. The minimum Gasteiger partial charge on any atom is -0.324 e. The first-order valence-electron chi connectivity index (χ1n) is 7.80. The van der Waals surface area contributed by atoms with Gasteiger partial charge in [-0.1, -0.05) is 52.3 Å². The number of benzene rings is 2. The first-order chi connectivity index (χ1) is 12.0. The van der Waals surface area contributed by atoms with Gasteiger partial charge in [-0.15, -0.1) is 0 Å². The SMILES string of the molecule is Cc1nc(C(NC(=O)Nc2cc(Br)ccc2C)c2ccccc2)n[nH]1. The Morgan fingerprint density at radius 3 is 2.60 bits per heavy atom. The van der Waals surface area contributed by atoms with E-state index in [0.29, 0.717) is 11.6 Å². The highest BCUT2D eigenvalue weighted by molar-refractivity contribution is 9.10. The van der Waals surface area contributed by atoms with Gasteiger partial charge in [-0.3, -0.25) is 5.10 Å². The molecule has 1 unspecified atom stereocenters. The number of aromatic amines is 1. The summed E-state index contributed by atoms with van der Waals surface area (Å²) in [5, 5.41) is 12.8. The van der Waals surface area contributed by atoms with Gasteiger partial charge in [0.05, 0.1) is 0 Å². The van der Waals surface area contributed by atoms with E-state index < -0.39 is 6.04 Å². The lowest BCUT2D eigenvalue weighted by Crippen LogP contribution is -2.34. The molecule has 0 bridgehead atoms.